The van der Waals surface area contributed by atoms with Gasteiger partial charge in [-0.1, -0.05) is 5.11 Å². The molecule has 2 aromatic rings. The summed E-state index contributed by atoms with van der Waals surface area (Å²) in [5.74, 6) is -0.114. The van der Waals surface area contributed by atoms with Gasteiger partial charge in [0.05, 0.1) is 19.0 Å². The Hall–Kier alpha value is -2.66. The number of nitrogen functional groups attached to an aromatic ring is 1. The van der Waals surface area contributed by atoms with Crippen LogP contribution in [0.25, 0.3) is 21.6 Å². The largest absolute Gasteiger partial charge is 0.394 e. The third-order valence-electron chi connectivity index (χ3n) is 3.43. The van der Waals surface area contributed by atoms with Crippen LogP contribution < -0.4 is 11.3 Å². The number of aliphatic hydroxyl groups excluding tert-OH is 2. The second kappa shape index (κ2) is 5.27. The zero-order valence-corrected chi connectivity index (χ0v) is 11.1. The first-order valence-electron chi connectivity index (χ1n) is 6.27. The predicted molar refractivity (Wildman–Crippen MR) is 72.5 cm³/mol. The summed E-state index contributed by atoms with van der Waals surface area (Å²) in [7, 11) is 0. The maximum Gasteiger partial charge on any atom is 0.280 e. The van der Waals surface area contributed by atoms with Crippen molar-refractivity contribution in [2.45, 2.75) is 24.5 Å². The Morgan fingerprint density at radius 2 is 2.41 bits per heavy atom. The molecular weight excluding hydrogens is 296 g/mol. The van der Waals surface area contributed by atoms with Crippen molar-refractivity contribution < 1.29 is 14.9 Å². The van der Waals surface area contributed by atoms with E-state index in [4.69, 9.17) is 16.0 Å². The van der Waals surface area contributed by atoms with Crippen LogP contribution in [0.3, 0.4) is 0 Å². The van der Waals surface area contributed by atoms with E-state index < -0.39 is 36.6 Å². The summed E-state index contributed by atoms with van der Waals surface area (Å²) in [6.45, 7) is -0.460. The fraction of sp³-hybridized carbons (Fsp3) is 0.500. The average Bonchev–Trinajstić information content (AvgIpc) is 3.02. The number of hydrogen-bond acceptors (Lipinski definition) is 8. The number of H-pyrrole nitrogens is 1. The van der Waals surface area contributed by atoms with Crippen molar-refractivity contribution in [1.82, 2.24) is 19.5 Å². The maximum atomic E-state index is 11.8. The third-order valence-corrected chi connectivity index (χ3v) is 3.43. The summed E-state index contributed by atoms with van der Waals surface area (Å²) in [5.41, 5.74) is 13.8. The van der Waals surface area contributed by atoms with Crippen molar-refractivity contribution in [3.63, 3.8) is 0 Å². The molecule has 22 heavy (non-hydrogen) atoms. The number of nitrogens with zero attached hydrogens (tertiary/aromatic N) is 6. The molecule has 1 unspecified atom stereocenters. The lowest BCUT2D eigenvalue weighted by molar-refractivity contribution is -0.0436. The second-order valence-corrected chi connectivity index (χ2v) is 4.71. The van der Waals surface area contributed by atoms with Gasteiger partial charge < -0.3 is 20.7 Å². The number of imidazole rings is 1. The Labute approximate surface area is 121 Å². The number of aliphatic hydroxyl groups is 2. The van der Waals surface area contributed by atoms with Crippen LogP contribution in [0, 0.1) is 0 Å². The highest BCUT2D eigenvalue weighted by atomic mass is 16.5. The van der Waals surface area contributed by atoms with E-state index in [0.29, 0.717) is 0 Å². The summed E-state index contributed by atoms with van der Waals surface area (Å²) < 4.78 is 6.82. The molecule has 5 N–H and O–H groups in total. The molecule has 1 aliphatic heterocycles. The molecule has 0 aliphatic carbocycles. The highest BCUT2D eigenvalue weighted by Gasteiger charge is 2.44. The maximum absolute atomic E-state index is 11.8. The first-order valence-corrected chi connectivity index (χ1v) is 6.27. The minimum Gasteiger partial charge on any atom is -0.394 e. The van der Waals surface area contributed by atoms with Crippen LogP contribution in [0.2, 0.25) is 0 Å². The zero-order chi connectivity index (χ0) is 15.9. The van der Waals surface area contributed by atoms with Crippen molar-refractivity contribution in [2.75, 3.05) is 12.3 Å². The van der Waals surface area contributed by atoms with Crippen LogP contribution in [0.5, 0.6) is 0 Å². The van der Waals surface area contributed by atoms with Gasteiger partial charge in [-0.05, 0) is 5.53 Å². The van der Waals surface area contributed by atoms with E-state index in [1.165, 1.54) is 10.9 Å². The number of nitrogens with two attached hydrogens (primary N) is 1. The lowest BCUT2D eigenvalue weighted by Gasteiger charge is -2.16. The van der Waals surface area contributed by atoms with E-state index >= 15 is 0 Å². The molecular formula is C10H12N8O4. The highest BCUT2D eigenvalue weighted by molar-refractivity contribution is 5.70. The number of fused-ring (bicyclic) bond motifs is 1. The lowest BCUT2D eigenvalue weighted by atomic mass is 10.1. The molecule has 1 saturated heterocycles. The first-order chi connectivity index (χ1) is 10.6. The summed E-state index contributed by atoms with van der Waals surface area (Å²) in [5, 5.41) is 22.7. The summed E-state index contributed by atoms with van der Waals surface area (Å²) >= 11 is 0. The van der Waals surface area contributed by atoms with Gasteiger partial charge >= 0.3 is 0 Å². The Morgan fingerprint density at radius 1 is 1.64 bits per heavy atom. The smallest absolute Gasteiger partial charge is 0.280 e. The molecule has 0 saturated carbocycles. The average molecular weight is 308 g/mol. The Kier molecular flexibility index (Phi) is 3.42. The number of aromatic amines is 1. The molecule has 1 fully saturated rings. The van der Waals surface area contributed by atoms with E-state index in [2.05, 4.69) is 25.0 Å². The van der Waals surface area contributed by atoms with Crippen LogP contribution in [0.4, 0.5) is 5.95 Å². The SMILES string of the molecule is [N-]=[N+]=N[C@H]1C(O)[C@@H](CO)O[C@H]1n1cnc2c(=O)[nH]c(N)nc21. The molecule has 0 spiro atoms. The molecule has 116 valence electrons. The summed E-state index contributed by atoms with van der Waals surface area (Å²) in [4.78, 5) is 24.6. The molecule has 0 amide bonds. The van der Waals surface area contributed by atoms with Crippen molar-refractivity contribution in [3.8, 4) is 0 Å². The molecule has 2 aromatic heterocycles. The van der Waals surface area contributed by atoms with Gasteiger partial charge in [0.2, 0.25) is 5.95 Å². The molecule has 12 heteroatoms. The van der Waals surface area contributed by atoms with Crippen molar-refractivity contribution in [1.29, 1.82) is 0 Å². The number of anilines is 1. The molecule has 4 atom stereocenters. The lowest BCUT2D eigenvalue weighted by Crippen LogP contribution is -2.31. The van der Waals surface area contributed by atoms with Gasteiger partial charge in [-0.15, -0.1) is 0 Å². The van der Waals surface area contributed by atoms with Gasteiger partial charge in [-0.25, -0.2) is 4.98 Å². The first kappa shape index (κ1) is 14.3. The van der Waals surface area contributed by atoms with Crippen molar-refractivity contribution >= 4 is 17.1 Å². The van der Waals surface area contributed by atoms with Crippen LogP contribution in [-0.2, 0) is 4.74 Å². The molecule has 3 rings (SSSR count). The van der Waals surface area contributed by atoms with E-state index in [1.807, 2.05) is 0 Å². The van der Waals surface area contributed by atoms with Gasteiger partial charge in [0, 0.05) is 4.91 Å². The van der Waals surface area contributed by atoms with E-state index in [-0.39, 0.29) is 17.1 Å². The fourth-order valence-electron chi connectivity index (χ4n) is 2.42. The molecule has 1 aliphatic rings. The standard InChI is InChI=1S/C10H12N8O4/c11-10-14-7-5(8(21)15-10)13-2-18(7)9-4(16-17-12)6(20)3(1-19)22-9/h2-4,6,9,19-20H,1H2,(H3,11,14,15,21)/t3-,4+,6?,9-/m1/s1. The molecule has 0 radical (unpaired) electrons. The number of nitrogens with one attached hydrogen (secondary N) is 1. The van der Waals surface area contributed by atoms with Crippen molar-refractivity contribution in [3.05, 3.63) is 27.1 Å². The minimum atomic E-state index is -1.21. The van der Waals surface area contributed by atoms with Crippen LogP contribution in [0.15, 0.2) is 16.2 Å². The zero-order valence-electron chi connectivity index (χ0n) is 11.1. The van der Waals surface area contributed by atoms with Crippen LogP contribution >= 0.6 is 0 Å². The fourth-order valence-corrected chi connectivity index (χ4v) is 2.42. The van der Waals surface area contributed by atoms with Gasteiger partial charge in [0.15, 0.2) is 11.2 Å². The quantitative estimate of drug-likeness (QED) is 0.305. The number of azide groups is 1. The molecule has 12 nitrogen and oxygen atoms in total. The van der Waals surface area contributed by atoms with Crippen LogP contribution in [-0.4, -0.2) is 54.6 Å². The van der Waals surface area contributed by atoms with Crippen molar-refractivity contribution in [2.24, 2.45) is 5.11 Å². The number of hydrogen-bond donors (Lipinski definition) is 4. The summed E-state index contributed by atoms with van der Waals surface area (Å²) in [6.07, 6.45) is -1.84. The second-order valence-electron chi connectivity index (χ2n) is 4.71. The predicted octanol–water partition coefficient (Wildman–Crippen LogP) is -1.37. The normalized spacial score (nSPS) is 27.9. The van der Waals surface area contributed by atoms with E-state index in [9.17, 15) is 15.0 Å². The number of aromatic nitrogens is 4. The van der Waals surface area contributed by atoms with Gasteiger partial charge in [-0.3, -0.25) is 14.3 Å². The minimum absolute atomic E-state index is 0.0272. The number of rotatable bonds is 3. The molecule has 0 aromatic carbocycles. The summed E-state index contributed by atoms with van der Waals surface area (Å²) in [6, 6.07) is -1.01. The highest BCUT2D eigenvalue weighted by Crippen LogP contribution is 2.33. The Balaban J connectivity index is 2.13. The monoisotopic (exact) mass is 308 g/mol. The third kappa shape index (κ3) is 2.07. The topological polar surface area (TPSA) is 188 Å². The van der Waals surface area contributed by atoms with Crippen LogP contribution in [0.1, 0.15) is 6.23 Å². The Bertz CT molecular complexity index is 809. The van der Waals surface area contributed by atoms with E-state index in [0.717, 1.165) is 0 Å². The van der Waals surface area contributed by atoms with Gasteiger partial charge in [0.25, 0.3) is 5.56 Å². The van der Waals surface area contributed by atoms with Gasteiger partial charge in [-0.2, -0.15) is 4.98 Å². The van der Waals surface area contributed by atoms with Gasteiger partial charge in [0.1, 0.15) is 18.4 Å². The molecule has 3 heterocycles. The number of ether oxygens (including phenoxy) is 1. The van der Waals surface area contributed by atoms with E-state index in [1.54, 1.807) is 0 Å². The Morgan fingerprint density at radius 3 is 3.09 bits per heavy atom. The molecule has 0 bridgehead atoms.